The lowest BCUT2D eigenvalue weighted by Gasteiger charge is -2.30. The summed E-state index contributed by atoms with van der Waals surface area (Å²) >= 11 is 0. The van der Waals surface area contributed by atoms with E-state index in [9.17, 15) is 14.4 Å². The minimum Gasteiger partial charge on any atom is -0.306 e. The van der Waals surface area contributed by atoms with Crippen molar-refractivity contribution in [2.75, 3.05) is 11.4 Å². The predicted molar refractivity (Wildman–Crippen MR) is 71.9 cm³/mol. The maximum Gasteiger partial charge on any atom is 0.295 e. The van der Waals surface area contributed by atoms with Gasteiger partial charge in [0.15, 0.2) is 0 Å². The average molecular weight is 259 g/mol. The highest BCUT2D eigenvalue weighted by atomic mass is 16.2. The molecule has 1 aliphatic heterocycles. The molecule has 1 amide bonds. The second-order valence-electron chi connectivity index (χ2n) is 4.82. The van der Waals surface area contributed by atoms with Crippen LogP contribution in [0.5, 0.6) is 0 Å². The van der Waals surface area contributed by atoms with Gasteiger partial charge in [-0.3, -0.25) is 14.4 Å². The van der Waals surface area contributed by atoms with Gasteiger partial charge in [0.2, 0.25) is 5.78 Å². The molecule has 1 fully saturated rings. The van der Waals surface area contributed by atoms with E-state index < -0.39 is 17.6 Å². The number of aryl methyl sites for hydroxylation is 1. The van der Waals surface area contributed by atoms with Crippen LogP contribution in [0.4, 0.5) is 5.69 Å². The molecule has 0 spiro atoms. The van der Waals surface area contributed by atoms with E-state index in [0.29, 0.717) is 19.4 Å². The van der Waals surface area contributed by atoms with Crippen LogP contribution in [0.25, 0.3) is 0 Å². The molecule has 0 aliphatic carbocycles. The number of carbonyl (C=O) groups is 3. The van der Waals surface area contributed by atoms with Crippen LogP contribution in [0.3, 0.4) is 0 Å². The fourth-order valence-corrected chi connectivity index (χ4v) is 2.37. The van der Waals surface area contributed by atoms with Gasteiger partial charge in [0.1, 0.15) is 5.78 Å². The quantitative estimate of drug-likeness (QED) is 0.615. The Labute approximate surface area is 112 Å². The summed E-state index contributed by atoms with van der Waals surface area (Å²) in [7, 11) is 0. The van der Waals surface area contributed by atoms with Gasteiger partial charge in [-0.1, -0.05) is 19.1 Å². The number of benzene rings is 1. The van der Waals surface area contributed by atoms with Gasteiger partial charge in [-0.25, -0.2) is 0 Å². The summed E-state index contributed by atoms with van der Waals surface area (Å²) in [6, 6.07) is 7.46. The molecular weight excluding hydrogens is 242 g/mol. The molecule has 1 aromatic carbocycles. The molecule has 0 bridgehead atoms. The number of hydrogen-bond acceptors (Lipinski definition) is 3. The largest absolute Gasteiger partial charge is 0.306 e. The molecule has 1 unspecified atom stereocenters. The molecule has 0 N–H and O–H groups in total. The molecule has 0 saturated carbocycles. The molecule has 1 aromatic rings. The Morgan fingerprint density at radius 2 is 2.11 bits per heavy atom. The second-order valence-corrected chi connectivity index (χ2v) is 4.82. The zero-order valence-electron chi connectivity index (χ0n) is 11.2. The lowest BCUT2D eigenvalue weighted by atomic mass is 9.89. The number of rotatable bonds is 3. The van der Waals surface area contributed by atoms with Gasteiger partial charge < -0.3 is 4.90 Å². The van der Waals surface area contributed by atoms with E-state index >= 15 is 0 Å². The third-order valence-corrected chi connectivity index (χ3v) is 3.46. The summed E-state index contributed by atoms with van der Waals surface area (Å²) < 4.78 is 0. The molecule has 1 aliphatic rings. The van der Waals surface area contributed by atoms with Crippen LogP contribution < -0.4 is 4.90 Å². The smallest absolute Gasteiger partial charge is 0.295 e. The Morgan fingerprint density at radius 3 is 2.74 bits per heavy atom. The standard InChI is InChI=1S/C15H17NO3/c1-3-13(17)12-7-8-16(15(19)14(12)18)11-6-4-5-10(2)9-11/h4-6,9,12H,3,7-8H2,1-2H3. The maximum atomic E-state index is 12.1. The van der Waals surface area contributed by atoms with Crippen LogP contribution in [0, 0.1) is 12.8 Å². The third-order valence-electron chi connectivity index (χ3n) is 3.46. The zero-order chi connectivity index (χ0) is 14.0. The Hall–Kier alpha value is -1.97. The van der Waals surface area contributed by atoms with E-state index in [0.717, 1.165) is 11.3 Å². The highest BCUT2D eigenvalue weighted by Gasteiger charge is 2.38. The number of nitrogens with zero attached hydrogens (tertiary/aromatic N) is 1. The summed E-state index contributed by atoms with van der Waals surface area (Å²) in [4.78, 5) is 37.2. The van der Waals surface area contributed by atoms with Crippen molar-refractivity contribution in [1.29, 1.82) is 0 Å². The molecule has 4 nitrogen and oxygen atoms in total. The van der Waals surface area contributed by atoms with E-state index in [4.69, 9.17) is 0 Å². The van der Waals surface area contributed by atoms with E-state index in [-0.39, 0.29) is 5.78 Å². The Morgan fingerprint density at radius 1 is 1.37 bits per heavy atom. The van der Waals surface area contributed by atoms with Crippen molar-refractivity contribution in [2.24, 2.45) is 5.92 Å². The van der Waals surface area contributed by atoms with Crippen LogP contribution in [0.2, 0.25) is 0 Å². The molecule has 0 radical (unpaired) electrons. The molecule has 100 valence electrons. The molecule has 4 heteroatoms. The lowest BCUT2D eigenvalue weighted by Crippen LogP contribution is -2.48. The van der Waals surface area contributed by atoms with Gasteiger partial charge in [-0.05, 0) is 31.0 Å². The summed E-state index contributed by atoms with van der Waals surface area (Å²) in [6.07, 6.45) is 0.722. The fraction of sp³-hybridized carbons (Fsp3) is 0.400. The van der Waals surface area contributed by atoms with Gasteiger partial charge in [0.05, 0.1) is 5.92 Å². The minimum atomic E-state index is -0.737. The first kappa shape index (κ1) is 13.5. The Bertz CT molecular complexity index is 536. The van der Waals surface area contributed by atoms with E-state index in [1.807, 2.05) is 25.1 Å². The van der Waals surface area contributed by atoms with Gasteiger partial charge in [0, 0.05) is 18.7 Å². The molecule has 0 aromatic heterocycles. The maximum absolute atomic E-state index is 12.1. The van der Waals surface area contributed by atoms with Crippen LogP contribution >= 0.6 is 0 Å². The SMILES string of the molecule is CCC(=O)C1CCN(c2cccc(C)c2)C(=O)C1=O. The molecular formula is C15H17NO3. The van der Waals surface area contributed by atoms with Crippen molar-refractivity contribution >= 4 is 23.2 Å². The second kappa shape index (κ2) is 5.34. The van der Waals surface area contributed by atoms with Crippen LogP contribution in [0.15, 0.2) is 24.3 Å². The monoisotopic (exact) mass is 259 g/mol. The topological polar surface area (TPSA) is 54.5 Å². The number of anilines is 1. The van der Waals surface area contributed by atoms with Gasteiger partial charge in [-0.15, -0.1) is 0 Å². The summed E-state index contributed by atoms with van der Waals surface area (Å²) in [5.74, 6) is -2.01. The van der Waals surface area contributed by atoms with Crippen LogP contribution in [-0.2, 0) is 14.4 Å². The van der Waals surface area contributed by atoms with Crippen molar-refractivity contribution in [2.45, 2.75) is 26.7 Å². The highest BCUT2D eigenvalue weighted by molar-refractivity contribution is 6.45. The normalized spacial score (nSPS) is 19.7. The van der Waals surface area contributed by atoms with E-state index in [1.54, 1.807) is 13.0 Å². The summed E-state index contributed by atoms with van der Waals surface area (Å²) in [5.41, 5.74) is 1.75. The van der Waals surface area contributed by atoms with Crippen molar-refractivity contribution in [1.82, 2.24) is 0 Å². The van der Waals surface area contributed by atoms with Crippen molar-refractivity contribution in [3.8, 4) is 0 Å². The number of ketones is 2. The minimum absolute atomic E-state index is 0.137. The van der Waals surface area contributed by atoms with Gasteiger partial charge in [-0.2, -0.15) is 0 Å². The first-order chi connectivity index (χ1) is 9.04. The summed E-state index contributed by atoms with van der Waals surface area (Å²) in [5, 5.41) is 0. The van der Waals surface area contributed by atoms with Crippen molar-refractivity contribution < 1.29 is 14.4 Å². The first-order valence-electron chi connectivity index (χ1n) is 6.49. The van der Waals surface area contributed by atoms with Crippen molar-refractivity contribution in [3.63, 3.8) is 0 Å². The van der Waals surface area contributed by atoms with Crippen molar-refractivity contribution in [3.05, 3.63) is 29.8 Å². The Kier molecular flexibility index (Phi) is 3.79. The first-order valence-corrected chi connectivity index (χ1v) is 6.49. The zero-order valence-corrected chi connectivity index (χ0v) is 11.2. The Balaban J connectivity index is 2.22. The van der Waals surface area contributed by atoms with Gasteiger partial charge in [0.25, 0.3) is 5.91 Å². The number of hydrogen-bond donors (Lipinski definition) is 0. The molecule has 1 saturated heterocycles. The highest BCUT2D eigenvalue weighted by Crippen LogP contribution is 2.24. The average Bonchev–Trinajstić information content (AvgIpc) is 2.41. The molecule has 1 heterocycles. The fourth-order valence-electron chi connectivity index (χ4n) is 2.37. The number of carbonyl (C=O) groups excluding carboxylic acids is 3. The lowest BCUT2D eigenvalue weighted by molar-refractivity contribution is -0.144. The number of piperidine rings is 1. The predicted octanol–water partition coefficient (Wildman–Crippen LogP) is 1.90. The third kappa shape index (κ3) is 2.57. The van der Waals surface area contributed by atoms with E-state index in [1.165, 1.54) is 4.90 Å². The molecule has 2 rings (SSSR count). The van der Waals surface area contributed by atoms with Crippen LogP contribution in [0.1, 0.15) is 25.3 Å². The van der Waals surface area contributed by atoms with E-state index in [2.05, 4.69) is 0 Å². The number of Topliss-reactive ketones (excluding diaryl/α,β-unsaturated/α-hetero) is 2. The summed E-state index contributed by atoms with van der Waals surface area (Å²) in [6.45, 7) is 4.07. The molecule has 1 atom stereocenters. The molecule has 19 heavy (non-hydrogen) atoms. The van der Waals surface area contributed by atoms with Gasteiger partial charge >= 0.3 is 0 Å². The number of amides is 1. The van der Waals surface area contributed by atoms with Crippen LogP contribution in [-0.4, -0.2) is 24.0 Å².